The van der Waals surface area contributed by atoms with Crippen LogP contribution in [0.3, 0.4) is 0 Å². The number of benzene rings is 1. The third-order valence-electron chi connectivity index (χ3n) is 1.83. The molecule has 0 N–H and O–H groups in total. The third kappa shape index (κ3) is 2.21. The lowest BCUT2D eigenvalue weighted by Gasteiger charge is -2.03. The van der Waals surface area contributed by atoms with E-state index >= 15 is 0 Å². The molecular weight excluding hydrogens is 212 g/mol. The minimum Gasteiger partial charge on any atom is -0.0985 e. The van der Waals surface area contributed by atoms with E-state index in [1.54, 1.807) is 0 Å². The van der Waals surface area contributed by atoms with Crippen LogP contribution in [0.1, 0.15) is 24.5 Å². The van der Waals surface area contributed by atoms with Gasteiger partial charge >= 0.3 is 0 Å². The molecule has 0 atom stereocenters. The van der Waals surface area contributed by atoms with Gasteiger partial charge in [-0.15, -0.1) is 0 Å². The van der Waals surface area contributed by atoms with Crippen molar-refractivity contribution in [3.8, 4) is 0 Å². The number of hydrogen-bond acceptors (Lipinski definition) is 0. The molecule has 0 saturated carbocycles. The van der Waals surface area contributed by atoms with Gasteiger partial charge in [-0.1, -0.05) is 54.1 Å². The van der Waals surface area contributed by atoms with E-state index < -0.39 is 0 Å². The van der Waals surface area contributed by atoms with Gasteiger partial charge in [0.05, 0.1) is 0 Å². The molecule has 0 saturated heterocycles. The average Bonchev–Trinajstić information content (AvgIpc) is 2.09. The van der Waals surface area contributed by atoms with Crippen molar-refractivity contribution < 1.29 is 0 Å². The van der Waals surface area contributed by atoms with Crippen molar-refractivity contribution >= 4 is 22.0 Å². The Kier molecular flexibility index (Phi) is 3.54. The predicted molar refractivity (Wildman–Crippen MR) is 58.2 cm³/mol. The van der Waals surface area contributed by atoms with E-state index in [0.29, 0.717) is 0 Å². The molecule has 12 heavy (non-hydrogen) atoms. The Morgan fingerprint density at radius 2 is 2.25 bits per heavy atom. The second kappa shape index (κ2) is 4.46. The van der Waals surface area contributed by atoms with Gasteiger partial charge in [0.15, 0.2) is 0 Å². The van der Waals surface area contributed by atoms with E-state index in [9.17, 15) is 0 Å². The normalized spacial score (nSPS) is 9.83. The first kappa shape index (κ1) is 9.53. The Balaban J connectivity index is 2.94. The summed E-state index contributed by atoms with van der Waals surface area (Å²) in [6.07, 6.45) is 4.19. The van der Waals surface area contributed by atoms with Crippen LogP contribution in [0.15, 0.2) is 29.3 Å². The van der Waals surface area contributed by atoms with Crippen molar-refractivity contribution in [3.63, 3.8) is 0 Å². The van der Waals surface area contributed by atoms with E-state index in [1.165, 1.54) is 22.0 Å². The SMILES string of the molecule is C=Cc1ccc(CCC)c(Br)c1. The summed E-state index contributed by atoms with van der Waals surface area (Å²) in [4.78, 5) is 0. The first-order valence-electron chi connectivity index (χ1n) is 4.18. The molecule has 1 rings (SSSR count). The summed E-state index contributed by atoms with van der Waals surface area (Å²) in [7, 11) is 0. The zero-order valence-electron chi connectivity index (χ0n) is 7.31. The van der Waals surface area contributed by atoms with Crippen molar-refractivity contribution in [2.24, 2.45) is 0 Å². The van der Waals surface area contributed by atoms with Crippen molar-refractivity contribution in [1.82, 2.24) is 0 Å². The summed E-state index contributed by atoms with van der Waals surface area (Å²) in [6.45, 7) is 5.92. The average molecular weight is 225 g/mol. The number of rotatable bonds is 3. The molecule has 0 aliphatic heterocycles. The first-order chi connectivity index (χ1) is 5.77. The highest BCUT2D eigenvalue weighted by Gasteiger charge is 1.97. The van der Waals surface area contributed by atoms with E-state index in [-0.39, 0.29) is 0 Å². The lowest BCUT2D eigenvalue weighted by atomic mass is 10.1. The second-order valence-electron chi connectivity index (χ2n) is 2.80. The Hall–Kier alpha value is -0.560. The molecule has 0 aliphatic carbocycles. The molecular formula is C11H13Br. The molecule has 0 spiro atoms. The smallest absolute Gasteiger partial charge is 0.0213 e. The maximum atomic E-state index is 3.73. The largest absolute Gasteiger partial charge is 0.0985 e. The van der Waals surface area contributed by atoms with Gasteiger partial charge in [0, 0.05) is 4.47 Å². The predicted octanol–water partition coefficient (Wildman–Crippen LogP) is 4.04. The van der Waals surface area contributed by atoms with E-state index in [1.807, 2.05) is 6.08 Å². The van der Waals surface area contributed by atoms with Gasteiger partial charge in [-0.3, -0.25) is 0 Å². The molecule has 1 heteroatoms. The van der Waals surface area contributed by atoms with Crippen LogP contribution >= 0.6 is 15.9 Å². The quantitative estimate of drug-likeness (QED) is 0.728. The minimum absolute atomic E-state index is 1.14. The maximum absolute atomic E-state index is 3.73. The van der Waals surface area contributed by atoms with Crippen LogP contribution in [0, 0.1) is 0 Å². The van der Waals surface area contributed by atoms with Gasteiger partial charge in [0.1, 0.15) is 0 Å². The standard InChI is InChI=1S/C11H13Br/c1-3-5-10-7-6-9(4-2)8-11(10)12/h4,6-8H,2-3,5H2,1H3. The lowest BCUT2D eigenvalue weighted by Crippen LogP contribution is -1.85. The second-order valence-corrected chi connectivity index (χ2v) is 3.66. The lowest BCUT2D eigenvalue weighted by molar-refractivity contribution is 0.917. The van der Waals surface area contributed by atoms with Crippen LogP contribution in [0.2, 0.25) is 0 Å². The fourth-order valence-electron chi connectivity index (χ4n) is 1.16. The summed E-state index contributed by atoms with van der Waals surface area (Å²) in [5.74, 6) is 0. The van der Waals surface area contributed by atoms with Gasteiger partial charge in [-0.2, -0.15) is 0 Å². The molecule has 0 radical (unpaired) electrons. The fourth-order valence-corrected chi connectivity index (χ4v) is 1.76. The summed E-state index contributed by atoms with van der Waals surface area (Å²) in [5, 5.41) is 0. The highest BCUT2D eigenvalue weighted by Crippen LogP contribution is 2.20. The van der Waals surface area contributed by atoms with Gasteiger partial charge in [-0.25, -0.2) is 0 Å². The van der Waals surface area contributed by atoms with Crippen LogP contribution < -0.4 is 0 Å². The Bertz CT molecular complexity index is 276. The van der Waals surface area contributed by atoms with Crippen LogP contribution in [0.25, 0.3) is 6.08 Å². The summed E-state index contributed by atoms with van der Waals surface area (Å²) >= 11 is 3.54. The molecule has 0 aliphatic rings. The van der Waals surface area contributed by atoms with Crippen molar-refractivity contribution in [1.29, 1.82) is 0 Å². The highest BCUT2D eigenvalue weighted by molar-refractivity contribution is 9.10. The van der Waals surface area contributed by atoms with E-state index in [0.717, 1.165) is 6.42 Å². The van der Waals surface area contributed by atoms with Gasteiger partial charge < -0.3 is 0 Å². The molecule has 1 aromatic rings. The van der Waals surface area contributed by atoms with Crippen LogP contribution in [-0.4, -0.2) is 0 Å². The number of hydrogen-bond donors (Lipinski definition) is 0. The summed E-state index contributed by atoms with van der Waals surface area (Å²) in [6, 6.07) is 6.37. The molecule has 0 amide bonds. The topological polar surface area (TPSA) is 0 Å². The van der Waals surface area contributed by atoms with Crippen LogP contribution in [0.4, 0.5) is 0 Å². The van der Waals surface area contributed by atoms with Crippen molar-refractivity contribution in [2.45, 2.75) is 19.8 Å². The highest BCUT2D eigenvalue weighted by atomic mass is 79.9. The van der Waals surface area contributed by atoms with Crippen LogP contribution in [-0.2, 0) is 6.42 Å². The zero-order valence-corrected chi connectivity index (χ0v) is 8.89. The van der Waals surface area contributed by atoms with Crippen molar-refractivity contribution in [2.75, 3.05) is 0 Å². The molecule has 0 nitrogen and oxygen atoms in total. The van der Waals surface area contributed by atoms with Gasteiger partial charge in [-0.05, 0) is 23.6 Å². The molecule has 64 valence electrons. The zero-order chi connectivity index (χ0) is 8.97. The Labute approximate surface area is 82.4 Å². The molecule has 1 aromatic carbocycles. The molecule has 0 bridgehead atoms. The maximum Gasteiger partial charge on any atom is 0.0213 e. The fraction of sp³-hybridized carbons (Fsp3) is 0.273. The molecule has 0 fully saturated rings. The summed E-state index contributed by atoms with van der Waals surface area (Å²) in [5.41, 5.74) is 2.55. The van der Waals surface area contributed by atoms with E-state index in [2.05, 4.69) is 47.6 Å². The molecule has 0 aromatic heterocycles. The van der Waals surface area contributed by atoms with Gasteiger partial charge in [0.2, 0.25) is 0 Å². The summed E-state index contributed by atoms with van der Waals surface area (Å²) < 4.78 is 1.20. The Morgan fingerprint density at radius 1 is 1.50 bits per heavy atom. The number of halogens is 1. The molecule has 0 unspecified atom stereocenters. The minimum atomic E-state index is 1.14. The van der Waals surface area contributed by atoms with Crippen molar-refractivity contribution in [3.05, 3.63) is 40.4 Å². The third-order valence-corrected chi connectivity index (χ3v) is 2.57. The number of aryl methyl sites for hydroxylation is 1. The van der Waals surface area contributed by atoms with Crippen LogP contribution in [0.5, 0.6) is 0 Å². The monoisotopic (exact) mass is 224 g/mol. The Morgan fingerprint density at radius 3 is 2.75 bits per heavy atom. The van der Waals surface area contributed by atoms with E-state index in [4.69, 9.17) is 0 Å². The molecule has 0 heterocycles. The van der Waals surface area contributed by atoms with Gasteiger partial charge in [0.25, 0.3) is 0 Å². The first-order valence-corrected chi connectivity index (χ1v) is 4.98.